The molecular formula is C16H21N3O6. The predicted octanol–water partition coefficient (Wildman–Crippen LogP) is -0.341. The first-order valence-electron chi connectivity index (χ1n) is 7.51. The molecule has 0 aromatic heterocycles. The van der Waals surface area contributed by atoms with Crippen LogP contribution in [0.15, 0.2) is 30.3 Å². The standard InChI is InChI=1S/C16H21N3O6/c1-10(15(22)23)18-13(20)9-17-14(21)12(19-16(24)25-2)8-11-6-4-3-5-7-11/h3-7,10,12H,8-9H2,1-2H3,(H,17,21)(H,18,20)(H,19,24)(H,22,23)/t10-,12-/m0/s1. The lowest BCUT2D eigenvalue weighted by Gasteiger charge is -2.18. The first kappa shape index (κ1) is 19.9. The van der Waals surface area contributed by atoms with Crippen LogP contribution in [0.25, 0.3) is 0 Å². The Balaban J connectivity index is 2.64. The van der Waals surface area contributed by atoms with Gasteiger partial charge in [0.15, 0.2) is 0 Å². The lowest BCUT2D eigenvalue weighted by atomic mass is 10.1. The molecule has 3 amide bonds. The fraction of sp³-hybridized carbons (Fsp3) is 0.375. The molecule has 0 saturated heterocycles. The van der Waals surface area contributed by atoms with Crippen molar-refractivity contribution in [2.24, 2.45) is 0 Å². The largest absolute Gasteiger partial charge is 0.480 e. The van der Waals surface area contributed by atoms with Gasteiger partial charge in [-0.25, -0.2) is 4.79 Å². The minimum Gasteiger partial charge on any atom is -0.480 e. The fourth-order valence-corrected chi connectivity index (χ4v) is 1.91. The summed E-state index contributed by atoms with van der Waals surface area (Å²) in [5, 5.41) is 15.7. The molecule has 1 aromatic carbocycles. The molecule has 25 heavy (non-hydrogen) atoms. The van der Waals surface area contributed by atoms with E-state index in [4.69, 9.17) is 5.11 Å². The van der Waals surface area contributed by atoms with Gasteiger partial charge >= 0.3 is 12.1 Å². The number of nitrogens with one attached hydrogen (secondary N) is 3. The average Bonchev–Trinajstić information content (AvgIpc) is 2.59. The van der Waals surface area contributed by atoms with Gasteiger partial charge in [-0.1, -0.05) is 30.3 Å². The number of carbonyl (C=O) groups is 4. The zero-order valence-corrected chi connectivity index (χ0v) is 13.9. The first-order valence-corrected chi connectivity index (χ1v) is 7.51. The van der Waals surface area contributed by atoms with Gasteiger partial charge in [0, 0.05) is 6.42 Å². The summed E-state index contributed by atoms with van der Waals surface area (Å²) in [6.07, 6.45) is -0.574. The van der Waals surface area contributed by atoms with Crippen LogP contribution in [0.5, 0.6) is 0 Å². The number of carboxylic acid groups (broad SMARTS) is 1. The van der Waals surface area contributed by atoms with Crippen molar-refractivity contribution in [3.63, 3.8) is 0 Å². The normalized spacial score (nSPS) is 12.4. The number of rotatable bonds is 8. The monoisotopic (exact) mass is 351 g/mol. The summed E-state index contributed by atoms with van der Waals surface area (Å²) in [7, 11) is 1.17. The number of amides is 3. The lowest BCUT2D eigenvalue weighted by Crippen LogP contribution is -2.51. The number of benzene rings is 1. The summed E-state index contributed by atoms with van der Waals surface area (Å²) in [5.41, 5.74) is 0.808. The van der Waals surface area contributed by atoms with Crippen LogP contribution in [0, 0.1) is 0 Å². The van der Waals surface area contributed by atoms with E-state index in [2.05, 4.69) is 20.7 Å². The summed E-state index contributed by atoms with van der Waals surface area (Å²) >= 11 is 0. The van der Waals surface area contributed by atoms with Crippen LogP contribution in [-0.2, 0) is 25.5 Å². The van der Waals surface area contributed by atoms with Gasteiger partial charge in [0.2, 0.25) is 11.8 Å². The van der Waals surface area contributed by atoms with Crippen LogP contribution in [0.2, 0.25) is 0 Å². The number of carbonyl (C=O) groups excluding carboxylic acids is 3. The molecule has 0 bridgehead atoms. The first-order chi connectivity index (χ1) is 11.8. The highest BCUT2D eigenvalue weighted by Gasteiger charge is 2.22. The molecule has 0 aliphatic rings. The Hall–Kier alpha value is -3.10. The minimum absolute atomic E-state index is 0.203. The van der Waals surface area contributed by atoms with Gasteiger partial charge in [-0.2, -0.15) is 0 Å². The number of aliphatic carboxylic acids is 1. The summed E-state index contributed by atoms with van der Waals surface area (Å²) in [4.78, 5) is 46.0. The maximum absolute atomic E-state index is 12.2. The average molecular weight is 351 g/mol. The van der Waals surface area contributed by atoms with E-state index in [1.165, 1.54) is 14.0 Å². The van der Waals surface area contributed by atoms with E-state index >= 15 is 0 Å². The maximum Gasteiger partial charge on any atom is 0.407 e. The van der Waals surface area contributed by atoms with E-state index in [0.29, 0.717) is 0 Å². The second-order valence-corrected chi connectivity index (χ2v) is 5.22. The van der Waals surface area contributed by atoms with Crippen molar-refractivity contribution in [2.45, 2.75) is 25.4 Å². The molecule has 2 atom stereocenters. The highest BCUT2D eigenvalue weighted by molar-refractivity contribution is 5.90. The summed E-state index contributed by atoms with van der Waals surface area (Å²) < 4.78 is 4.50. The third-order valence-electron chi connectivity index (χ3n) is 3.25. The van der Waals surface area contributed by atoms with Gasteiger partial charge in [0.25, 0.3) is 0 Å². The van der Waals surface area contributed by atoms with Crippen LogP contribution >= 0.6 is 0 Å². The quantitative estimate of drug-likeness (QED) is 0.506. The molecule has 4 N–H and O–H groups in total. The van der Waals surface area contributed by atoms with E-state index in [0.717, 1.165) is 5.56 Å². The van der Waals surface area contributed by atoms with Crippen LogP contribution in [0.4, 0.5) is 4.79 Å². The van der Waals surface area contributed by atoms with Crippen LogP contribution in [0.1, 0.15) is 12.5 Å². The van der Waals surface area contributed by atoms with E-state index in [1.807, 2.05) is 6.07 Å². The smallest absolute Gasteiger partial charge is 0.407 e. The van der Waals surface area contributed by atoms with E-state index in [-0.39, 0.29) is 6.42 Å². The number of carboxylic acids is 1. The van der Waals surface area contributed by atoms with Gasteiger partial charge in [-0.3, -0.25) is 14.4 Å². The second-order valence-electron chi connectivity index (χ2n) is 5.22. The molecule has 0 saturated carbocycles. The van der Waals surface area contributed by atoms with Gasteiger partial charge in [-0.05, 0) is 12.5 Å². The van der Waals surface area contributed by atoms with Gasteiger partial charge < -0.3 is 25.8 Å². The van der Waals surface area contributed by atoms with Crippen molar-refractivity contribution in [2.75, 3.05) is 13.7 Å². The van der Waals surface area contributed by atoms with Crippen molar-refractivity contribution in [1.29, 1.82) is 0 Å². The number of methoxy groups -OCH3 is 1. The Morgan fingerprint density at radius 3 is 2.32 bits per heavy atom. The van der Waals surface area contributed by atoms with E-state index in [1.54, 1.807) is 24.3 Å². The Bertz CT molecular complexity index is 620. The highest BCUT2D eigenvalue weighted by atomic mass is 16.5. The number of hydrogen-bond donors (Lipinski definition) is 4. The van der Waals surface area contributed by atoms with Crippen molar-refractivity contribution in [1.82, 2.24) is 16.0 Å². The Labute approximate surface area is 144 Å². The molecule has 0 radical (unpaired) electrons. The summed E-state index contributed by atoms with van der Waals surface area (Å²) in [6, 6.07) is 6.98. The van der Waals surface area contributed by atoms with Crippen LogP contribution in [-0.4, -0.2) is 54.7 Å². The van der Waals surface area contributed by atoms with E-state index in [9.17, 15) is 19.2 Å². The molecule has 1 rings (SSSR count). The molecular weight excluding hydrogens is 330 g/mol. The highest BCUT2D eigenvalue weighted by Crippen LogP contribution is 2.04. The number of ether oxygens (including phenoxy) is 1. The molecule has 0 aliphatic carbocycles. The third kappa shape index (κ3) is 7.34. The molecule has 0 aliphatic heterocycles. The van der Waals surface area contributed by atoms with Crippen LogP contribution in [0.3, 0.4) is 0 Å². The van der Waals surface area contributed by atoms with Gasteiger partial charge in [0.05, 0.1) is 13.7 Å². The maximum atomic E-state index is 12.2. The zero-order valence-electron chi connectivity index (χ0n) is 13.9. The molecule has 0 spiro atoms. The molecule has 0 unspecified atom stereocenters. The Morgan fingerprint density at radius 1 is 1.12 bits per heavy atom. The number of hydrogen-bond acceptors (Lipinski definition) is 5. The SMILES string of the molecule is COC(=O)N[C@@H](Cc1ccccc1)C(=O)NCC(=O)N[C@@H](C)C(=O)O. The number of alkyl carbamates (subject to hydrolysis) is 1. The Morgan fingerprint density at radius 2 is 1.76 bits per heavy atom. The Kier molecular flexibility index (Phi) is 7.91. The minimum atomic E-state index is -1.19. The third-order valence-corrected chi connectivity index (χ3v) is 3.25. The summed E-state index contributed by atoms with van der Waals surface area (Å²) in [5.74, 6) is -2.43. The van der Waals surface area contributed by atoms with E-state index < -0.39 is 42.5 Å². The van der Waals surface area contributed by atoms with Crippen molar-refractivity contribution in [3.05, 3.63) is 35.9 Å². The topological polar surface area (TPSA) is 134 Å². The molecule has 0 heterocycles. The second kappa shape index (κ2) is 9.91. The van der Waals surface area contributed by atoms with Crippen LogP contribution < -0.4 is 16.0 Å². The molecule has 9 nitrogen and oxygen atoms in total. The predicted molar refractivity (Wildman–Crippen MR) is 87.7 cm³/mol. The van der Waals surface area contributed by atoms with Crippen molar-refractivity contribution >= 4 is 23.9 Å². The lowest BCUT2D eigenvalue weighted by molar-refractivity contribution is -0.141. The molecule has 1 aromatic rings. The molecule has 9 heteroatoms. The van der Waals surface area contributed by atoms with Gasteiger partial charge in [0.1, 0.15) is 12.1 Å². The van der Waals surface area contributed by atoms with Crippen molar-refractivity contribution in [3.8, 4) is 0 Å². The zero-order chi connectivity index (χ0) is 18.8. The molecule has 0 fully saturated rings. The van der Waals surface area contributed by atoms with Crippen molar-refractivity contribution < 1.29 is 29.0 Å². The fourth-order valence-electron chi connectivity index (χ4n) is 1.91. The summed E-state index contributed by atoms with van der Waals surface area (Å²) in [6.45, 7) is 0.893. The van der Waals surface area contributed by atoms with Gasteiger partial charge in [-0.15, -0.1) is 0 Å². The molecule has 136 valence electrons.